The molecule has 0 spiro atoms. The highest BCUT2D eigenvalue weighted by Crippen LogP contribution is 2.25. The molecule has 0 amide bonds. The molecule has 0 saturated carbocycles. The van der Waals surface area contributed by atoms with Crippen LogP contribution in [0.3, 0.4) is 0 Å². The van der Waals surface area contributed by atoms with Crippen LogP contribution in [0.5, 0.6) is 5.75 Å². The van der Waals surface area contributed by atoms with E-state index < -0.39 is 12.8 Å². The molecule has 0 saturated heterocycles. The van der Waals surface area contributed by atoms with Crippen molar-refractivity contribution in [1.82, 2.24) is 15.2 Å². The predicted molar refractivity (Wildman–Crippen MR) is 100 cm³/mol. The smallest absolute Gasteiger partial charge is 0.422 e. The molecule has 1 heterocycles. The SMILES string of the molecule is CN=C(NCc1ccccc1OCC(F)(F)F)NCc1cc(Cl)c(Cl)n1C. The summed E-state index contributed by atoms with van der Waals surface area (Å²) in [7, 11) is 3.38. The Morgan fingerprint density at radius 3 is 2.44 bits per heavy atom. The van der Waals surface area contributed by atoms with Gasteiger partial charge in [0.05, 0.1) is 11.6 Å². The van der Waals surface area contributed by atoms with E-state index in [-0.39, 0.29) is 12.3 Å². The van der Waals surface area contributed by atoms with E-state index in [1.54, 1.807) is 42.9 Å². The molecule has 10 heteroatoms. The topological polar surface area (TPSA) is 50.6 Å². The number of guanidine groups is 1. The standard InChI is InChI=1S/C17H19Cl2F3N4O/c1-23-16(25-9-12-7-13(18)15(19)26(12)2)24-8-11-5-3-4-6-14(11)27-10-17(20,21)22/h3-7H,8-10H2,1-2H3,(H2,23,24,25). The van der Waals surface area contributed by atoms with E-state index in [1.807, 2.05) is 0 Å². The second kappa shape index (κ2) is 9.23. The maximum atomic E-state index is 12.4. The Hall–Kier alpha value is -2.06. The Bertz CT molecular complexity index is 806. The molecular weight excluding hydrogens is 404 g/mol. The highest BCUT2D eigenvalue weighted by atomic mass is 35.5. The van der Waals surface area contributed by atoms with Crippen LogP contribution in [0.1, 0.15) is 11.3 Å². The highest BCUT2D eigenvalue weighted by Gasteiger charge is 2.28. The number of hydrogen-bond donors (Lipinski definition) is 2. The average molecular weight is 423 g/mol. The first-order valence-corrected chi connectivity index (χ1v) is 8.68. The third kappa shape index (κ3) is 6.25. The largest absolute Gasteiger partial charge is 0.484 e. The summed E-state index contributed by atoms with van der Waals surface area (Å²) < 4.78 is 43.7. The fraction of sp³-hybridized carbons (Fsp3) is 0.353. The van der Waals surface area contributed by atoms with Crippen molar-refractivity contribution in [3.05, 3.63) is 51.8 Å². The van der Waals surface area contributed by atoms with Crippen LogP contribution in [0.4, 0.5) is 13.2 Å². The zero-order valence-corrected chi connectivity index (χ0v) is 16.2. The third-order valence-corrected chi connectivity index (χ3v) is 4.53. The van der Waals surface area contributed by atoms with Gasteiger partial charge < -0.3 is 19.9 Å². The number of rotatable bonds is 6. The summed E-state index contributed by atoms with van der Waals surface area (Å²) in [4.78, 5) is 4.09. The van der Waals surface area contributed by atoms with Gasteiger partial charge in [-0.1, -0.05) is 41.4 Å². The van der Waals surface area contributed by atoms with Crippen molar-refractivity contribution in [2.24, 2.45) is 12.0 Å². The molecule has 0 unspecified atom stereocenters. The van der Waals surface area contributed by atoms with Crippen molar-refractivity contribution >= 4 is 29.2 Å². The lowest BCUT2D eigenvalue weighted by molar-refractivity contribution is -0.153. The van der Waals surface area contributed by atoms with Crippen molar-refractivity contribution in [2.75, 3.05) is 13.7 Å². The van der Waals surface area contributed by atoms with Crippen LogP contribution in [0.25, 0.3) is 0 Å². The number of aliphatic imine (C=N–C) groups is 1. The zero-order chi connectivity index (χ0) is 20.0. The minimum atomic E-state index is -4.39. The molecule has 148 valence electrons. The van der Waals surface area contributed by atoms with Crippen LogP contribution in [0, 0.1) is 0 Å². The molecule has 2 aromatic rings. The molecule has 0 fully saturated rings. The molecule has 2 rings (SSSR count). The maximum Gasteiger partial charge on any atom is 0.422 e. The Balaban J connectivity index is 1.95. The van der Waals surface area contributed by atoms with Crippen molar-refractivity contribution in [3.63, 3.8) is 0 Å². The molecule has 2 N–H and O–H groups in total. The zero-order valence-electron chi connectivity index (χ0n) is 14.7. The van der Waals surface area contributed by atoms with Gasteiger partial charge in [-0.3, -0.25) is 4.99 Å². The normalized spacial score (nSPS) is 12.2. The summed E-state index contributed by atoms with van der Waals surface area (Å²) in [5.41, 5.74) is 1.43. The van der Waals surface area contributed by atoms with Gasteiger partial charge in [0.25, 0.3) is 0 Å². The highest BCUT2D eigenvalue weighted by molar-refractivity contribution is 6.41. The van der Waals surface area contributed by atoms with Gasteiger partial charge >= 0.3 is 6.18 Å². The first-order valence-electron chi connectivity index (χ1n) is 7.93. The number of para-hydroxylation sites is 1. The second-order valence-electron chi connectivity index (χ2n) is 5.62. The Morgan fingerprint density at radius 1 is 1.19 bits per heavy atom. The van der Waals surface area contributed by atoms with Crippen molar-refractivity contribution in [2.45, 2.75) is 19.3 Å². The monoisotopic (exact) mass is 422 g/mol. The van der Waals surface area contributed by atoms with E-state index in [4.69, 9.17) is 27.9 Å². The van der Waals surface area contributed by atoms with Crippen molar-refractivity contribution < 1.29 is 17.9 Å². The molecule has 0 aliphatic heterocycles. The van der Waals surface area contributed by atoms with Crippen LogP contribution in [-0.4, -0.2) is 30.4 Å². The van der Waals surface area contributed by atoms with E-state index in [1.165, 1.54) is 6.07 Å². The summed E-state index contributed by atoms with van der Waals surface area (Å²) in [5, 5.41) is 7.02. The van der Waals surface area contributed by atoms with E-state index in [0.29, 0.717) is 28.2 Å². The summed E-state index contributed by atoms with van der Waals surface area (Å²) in [6.45, 7) is -0.691. The van der Waals surface area contributed by atoms with Crippen LogP contribution in [-0.2, 0) is 20.1 Å². The minimum absolute atomic E-state index is 0.166. The molecule has 27 heavy (non-hydrogen) atoms. The minimum Gasteiger partial charge on any atom is -0.484 e. The van der Waals surface area contributed by atoms with E-state index in [2.05, 4.69) is 15.6 Å². The predicted octanol–water partition coefficient (Wildman–Crippen LogP) is 4.14. The molecule has 0 bridgehead atoms. The van der Waals surface area contributed by atoms with Gasteiger partial charge in [0, 0.05) is 31.9 Å². The number of nitrogens with zero attached hydrogens (tertiary/aromatic N) is 2. The molecule has 0 aliphatic rings. The van der Waals surface area contributed by atoms with Crippen LogP contribution < -0.4 is 15.4 Å². The lowest BCUT2D eigenvalue weighted by Gasteiger charge is -2.15. The molecule has 1 aromatic heterocycles. The lowest BCUT2D eigenvalue weighted by Crippen LogP contribution is -2.36. The summed E-state index contributed by atoms with van der Waals surface area (Å²) in [6.07, 6.45) is -4.39. The number of alkyl halides is 3. The summed E-state index contributed by atoms with van der Waals surface area (Å²) >= 11 is 12.0. The van der Waals surface area contributed by atoms with Gasteiger partial charge in [0.1, 0.15) is 10.9 Å². The van der Waals surface area contributed by atoms with Gasteiger partial charge in [0.2, 0.25) is 0 Å². The number of hydrogen-bond acceptors (Lipinski definition) is 2. The van der Waals surface area contributed by atoms with Gasteiger partial charge in [0.15, 0.2) is 12.6 Å². The fourth-order valence-electron chi connectivity index (χ4n) is 2.28. The fourth-order valence-corrected chi connectivity index (χ4v) is 2.70. The second-order valence-corrected chi connectivity index (χ2v) is 6.39. The number of aromatic nitrogens is 1. The number of halogens is 5. The quantitative estimate of drug-likeness (QED) is 0.543. The van der Waals surface area contributed by atoms with Gasteiger partial charge in [-0.15, -0.1) is 0 Å². The van der Waals surface area contributed by atoms with Crippen LogP contribution in [0.15, 0.2) is 35.3 Å². The van der Waals surface area contributed by atoms with E-state index in [0.717, 1.165) is 5.69 Å². The van der Waals surface area contributed by atoms with Crippen molar-refractivity contribution in [3.8, 4) is 5.75 Å². The summed E-state index contributed by atoms with van der Waals surface area (Å²) in [6, 6.07) is 8.26. The molecular formula is C17H19Cl2F3N4O. The molecule has 1 aromatic carbocycles. The van der Waals surface area contributed by atoms with Crippen molar-refractivity contribution in [1.29, 1.82) is 0 Å². The van der Waals surface area contributed by atoms with E-state index >= 15 is 0 Å². The molecule has 0 radical (unpaired) electrons. The Labute approximate surface area is 165 Å². The third-order valence-electron chi connectivity index (χ3n) is 3.69. The molecule has 0 aliphatic carbocycles. The Kier molecular flexibility index (Phi) is 7.26. The molecule has 5 nitrogen and oxygen atoms in total. The average Bonchev–Trinajstić information content (AvgIpc) is 2.87. The van der Waals surface area contributed by atoms with Gasteiger partial charge in [-0.2, -0.15) is 13.2 Å². The van der Waals surface area contributed by atoms with Gasteiger partial charge in [-0.25, -0.2) is 0 Å². The van der Waals surface area contributed by atoms with Gasteiger partial charge in [-0.05, 0) is 12.1 Å². The Morgan fingerprint density at radius 2 is 1.85 bits per heavy atom. The van der Waals surface area contributed by atoms with Crippen LogP contribution in [0.2, 0.25) is 10.2 Å². The number of ether oxygens (including phenoxy) is 1. The first kappa shape index (κ1) is 21.2. The lowest BCUT2D eigenvalue weighted by atomic mass is 10.2. The first-order chi connectivity index (χ1) is 12.7. The molecule has 0 atom stereocenters. The number of benzene rings is 1. The maximum absolute atomic E-state index is 12.4. The van der Waals surface area contributed by atoms with E-state index in [9.17, 15) is 13.2 Å². The van der Waals surface area contributed by atoms with Crippen LogP contribution >= 0.6 is 23.2 Å². The number of nitrogens with one attached hydrogen (secondary N) is 2. The summed E-state index contributed by atoms with van der Waals surface area (Å²) in [5.74, 6) is 0.632.